The van der Waals surface area contributed by atoms with Crippen molar-refractivity contribution in [3.63, 3.8) is 0 Å². The molecule has 0 bridgehead atoms. The average molecular weight is 379 g/mol. The summed E-state index contributed by atoms with van der Waals surface area (Å²) in [6, 6.07) is 9.16. The molecule has 0 saturated heterocycles. The lowest BCUT2D eigenvalue weighted by Gasteiger charge is -2.21. The van der Waals surface area contributed by atoms with Crippen LogP contribution in [0.5, 0.6) is 0 Å². The van der Waals surface area contributed by atoms with Gasteiger partial charge in [-0.3, -0.25) is 14.7 Å². The van der Waals surface area contributed by atoms with E-state index in [1.54, 1.807) is 11.3 Å². The number of benzene rings is 1. The molecule has 27 heavy (non-hydrogen) atoms. The standard InChI is InChI=1S/C21H22N4OS/c26-21-18-2-1-3-19(18)23-20(24-21)15-6-4-14(5-7-15)11-25(16-8-9-16)12-17-10-22-13-27-17/h4-7,10,13,16H,1-3,8-9,11-12H2,(H,23,24,26). The Morgan fingerprint density at radius 2 is 2.00 bits per heavy atom. The van der Waals surface area contributed by atoms with Gasteiger partial charge < -0.3 is 4.98 Å². The molecule has 0 spiro atoms. The van der Waals surface area contributed by atoms with E-state index in [2.05, 4.69) is 39.1 Å². The zero-order chi connectivity index (χ0) is 18.2. The monoisotopic (exact) mass is 378 g/mol. The Balaban J connectivity index is 1.34. The van der Waals surface area contributed by atoms with Crippen molar-refractivity contribution in [2.75, 3.05) is 0 Å². The first-order valence-corrected chi connectivity index (χ1v) is 10.5. The Hall–Kier alpha value is -2.31. The predicted octanol–water partition coefficient (Wildman–Crippen LogP) is 3.55. The van der Waals surface area contributed by atoms with Crippen molar-refractivity contribution < 1.29 is 0 Å². The number of nitrogens with zero attached hydrogens (tertiary/aromatic N) is 3. The minimum atomic E-state index is 0.0287. The van der Waals surface area contributed by atoms with E-state index >= 15 is 0 Å². The number of aromatic amines is 1. The molecule has 1 fully saturated rings. The summed E-state index contributed by atoms with van der Waals surface area (Å²) in [5.74, 6) is 0.691. The number of H-pyrrole nitrogens is 1. The van der Waals surface area contributed by atoms with Crippen LogP contribution in [-0.2, 0) is 25.9 Å². The fourth-order valence-electron chi connectivity index (χ4n) is 3.86. The molecule has 3 aromatic rings. The van der Waals surface area contributed by atoms with Gasteiger partial charge in [-0.05, 0) is 37.7 Å². The number of rotatable bonds is 6. The van der Waals surface area contributed by atoms with Crippen LogP contribution in [0.15, 0.2) is 40.8 Å². The summed E-state index contributed by atoms with van der Waals surface area (Å²) in [7, 11) is 0. The van der Waals surface area contributed by atoms with Gasteiger partial charge in [0.05, 0.1) is 11.2 Å². The number of thiazole rings is 1. The van der Waals surface area contributed by atoms with Gasteiger partial charge >= 0.3 is 0 Å². The Kier molecular flexibility index (Phi) is 4.38. The third-order valence-corrected chi connectivity index (χ3v) is 6.22. The molecular weight excluding hydrogens is 356 g/mol. The molecule has 5 rings (SSSR count). The minimum absolute atomic E-state index is 0.0287. The van der Waals surface area contributed by atoms with E-state index in [1.807, 2.05) is 11.7 Å². The van der Waals surface area contributed by atoms with Crippen molar-refractivity contribution in [3.8, 4) is 11.4 Å². The third kappa shape index (κ3) is 3.59. The molecule has 5 nitrogen and oxygen atoms in total. The summed E-state index contributed by atoms with van der Waals surface area (Å²) in [5.41, 5.74) is 6.05. The molecule has 0 atom stereocenters. The number of hydrogen-bond donors (Lipinski definition) is 1. The van der Waals surface area contributed by atoms with E-state index in [0.717, 1.165) is 49.2 Å². The van der Waals surface area contributed by atoms with Crippen LogP contribution < -0.4 is 5.56 Å². The van der Waals surface area contributed by atoms with Crippen LogP contribution in [0.3, 0.4) is 0 Å². The average Bonchev–Trinajstić information content (AvgIpc) is 3.19. The van der Waals surface area contributed by atoms with Crippen molar-refractivity contribution in [3.05, 3.63) is 68.0 Å². The first-order valence-electron chi connectivity index (χ1n) is 9.59. The fourth-order valence-corrected chi connectivity index (χ4v) is 4.47. The topological polar surface area (TPSA) is 61.9 Å². The molecule has 138 valence electrons. The summed E-state index contributed by atoms with van der Waals surface area (Å²) in [6.07, 6.45) is 7.35. The van der Waals surface area contributed by atoms with Crippen molar-refractivity contribution in [1.29, 1.82) is 0 Å². The van der Waals surface area contributed by atoms with Gasteiger partial charge in [0.25, 0.3) is 5.56 Å². The zero-order valence-electron chi connectivity index (χ0n) is 15.1. The quantitative estimate of drug-likeness (QED) is 0.713. The first kappa shape index (κ1) is 16.8. The second kappa shape index (κ2) is 7.02. The summed E-state index contributed by atoms with van der Waals surface area (Å²) < 4.78 is 0. The molecule has 0 unspecified atom stereocenters. The van der Waals surface area contributed by atoms with Crippen molar-refractivity contribution in [2.24, 2.45) is 0 Å². The first-order chi connectivity index (χ1) is 13.3. The summed E-state index contributed by atoms with van der Waals surface area (Å²) in [4.78, 5) is 27.9. The maximum Gasteiger partial charge on any atom is 0.254 e. The molecule has 1 N–H and O–H groups in total. The van der Waals surface area contributed by atoms with Crippen LogP contribution in [-0.4, -0.2) is 25.9 Å². The molecule has 1 saturated carbocycles. The smallest absolute Gasteiger partial charge is 0.254 e. The summed E-state index contributed by atoms with van der Waals surface area (Å²) in [6.45, 7) is 1.91. The van der Waals surface area contributed by atoms with Crippen LogP contribution in [0.2, 0.25) is 0 Å². The zero-order valence-corrected chi connectivity index (χ0v) is 16.0. The summed E-state index contributed by atoms with van der Waals surface area (Å²) in [5, 5.41) is 0. The largest absolute Gasteiger partial charge is 0.306 e. The highest BCUT2D eigenvalue weighted by Gasteiger charge is 2.29. The van der Waals surface area contributed by atoms with Crippen molar-refractivity contribution >= 4 is 11.3 Å². The van der Waals surface area contributed by atoms with Crippen LogP contribution in [0.25, 0.3) is 11.4 Å². The van der Waals surface area contributed by atoms with Crippen LogP contribution in [0.1, 0.15) is 41.0 Å². The summed E-state index contributed by atoms with van der Waals surface area (Å²) >= 11 is 1.72. The molecule has 0 aliphatic heterocycles. The molecule has 2 aliphatic carbocycles. The SMILES string of the molecule is O=c1[nH]c(-c2ccc(CN(Cc3cncs3)C3CC3)cc2)nc2c1CCC2. The molecule has 0 radical (unpaired) electrons. The van der Waals surface area contributed by atoms with E-state index in [1.165, 1.54) is 23.3 Å². The lowest BCUT2D eigenvalue weighted by Crippen LogP contribution is -2.24. The van der Waals surface area contributed by atoms with Gasteiger partial charge in [-0.25, -0.2) is 4.98 Å². The highest BCUT2D eigenvalue weighted by Crippen LogP contribution is 2.30. The van der Waals surface area contributed by atoms with Gasteiger partial charge in [-0.2, -0.15) is 0 Å². The van der Waals surface area contributed by atoms with E-state index in [9.17, 15) is 4.79 Å². The number of nitrogens with one attached hydrogen (secondary N) is 1. The van der Waals surface area contributed by atoms with Gasteiger partial charge in [0, 0.05) is 41.3 Å². The molecule has 1 aromatic carbocycles. The van der Waals surface area contributed by atoms with Gasteiger partial charge in [-0.15, -0.1) is 11.3 Å². The maximum atomic E-state index is 12.2. The Labute approximate surface area is 162 Å². The fraction of sp³-hybridized carbons (Fsp3) is 0.381. The normalized spacial score (nSPS) is 16.0. The van der Waals surface area contributed by atoms with Crippen LogP contribution in [0.4, 0.5) is 0 Å². The van der Waals surface area contributed by atoms with Crippen molar-refractivity contribution in [1.82, 2.24) is 19.9 Å². The molecule has 6 heteroatoms. The Bertz CT molecular complexity index is 990. The molecule has 0 amide bonds. The van der Waals surface area contributed by atoms with Crippen molar-refractivity contribution in [2.45, 2.75) is 51.2 Å². The predicted molar refractivity (Wildman–Crippen MR) is 107 cm³/mol. The molecule has 2 aromatic heterocycles. The highest BCUT2D eigenvalue weighted by atomic mass is 32.1. The van der Waals surface area contributed by atoms with Gasteiger partial charge in [0.15, 0.2) is 0 Å². The highest BCUT2D eigenvalue weighted by molar-refractivity contribution is 7.09. The Morgan fingerprint density at radius 3 is 2.74 bits per heavy atom. The Morgan fingerprint density at radius 1 is 1.15 bits per heavy atom. The van der Waals surface area contributed by atoms with E-state index in [0.29, 0.717) is 11.9 Å². The van der Waals surface area contributed by atoms with Gasteiger partial charge in [0.2, 0.25) is 0 Å². The van der Waals surface area contributed by atoms with E-state index in [-0.39, 0.29) is 5.56 Å². The third-order valence-electron chi connectivity index (χ3n) is 5.46. The number of hydrogen-bond acceptors (Lipinski definition) is 5. The maximum absolute atomic E-state index is 12.2. The molecule has 2 heterocycles. The lowest BCUT2D eigenvalue weighted by molar-refractivity contribution is 0.248. The molecule has 2 aliphatic rings. The van der Waals surface area contributed by atoms with E-state index < -0.39 is 0 Å². The second-order valence-electron chi connectivity index (χ2n) is 7.49. The molecular formula is C21H22N4OS. The number of aryl methyl sites for hydroxylation is 1. The lowest BCUT2D eigenvalue weighted by atomic mass is 10.1. The number of aromatic nitrogens is 3. The van der Waals surface area contributed by atoms with Crippen LogP contribution >= 0.6 is 11.3 Å². The number of fused-ring (bicyclic) bond motifs is 1. The second-order valence-corrected chi connectivity index (χ2v) is 8.47. The van der Waals surface area contributed by atoms with Gasteiger partial charge in [0.1, 0.15) is 5.82 Å². The van der Waals surface area contributed by atoms with Crippen LogP contribution in [0, 0.1) is 0 Å². The van der Waals surface area contributed by atoms with Gasteiger partial charge in [-0.1, -0.05) is 24.3 Å². The van der Waals surface area contributed by atoms with E-state index in [4.69, 9.17) is 4.98 Å². The minimum Gasteiger partial charge on any atom is -0.306 e.